The molecule has 0 aliphatic rings. The molecule has 0 N–H and O–H groups in total. The summed E-state index contributed by atoms with van der Waals surface area (Å²) in [4.78, 5) is 0. The second-order valence-electron chi connectivity index (χ2n) is 7.89. The average molecular weight is 388 g/mol. The molecule has 0 saturated carbocycles. The summed E-state index contributed by atoms with van der Waals surface area (Å²) < 4.78 is 14.5. The van der Waals surface area contributed by atoms with Crippen molar-refractivity contribution in [3.05, 3.63) is 96.1 Å². The molecular formula is C26H29OP. The van der Waals surface area contributed by atoms with Gasteiger partial charge in [0, 0.05) is 15.9 Å². The molecule has 3 aromatic carbocycles. The van der Waals surface area contributed by atoms with Gasteiger partial charge >= 0.3 is 0 Å². The van der Waals surface area contributed by atoms with E-state index >= 15 is 0 Å². The van der Waals surface area contributed by atoms with Crippen LogP contribution in [0, 0.1) is 5.92 Å². The Morgan fingerprint density at radius 3 is 1.68 bits per heavy atom. The molecule has 0 spiro atoms. The van der Waals surface area contributed by atoms with Crippen LogP contribution < -0.4 is 15.9 Å². The van der Waals surface area contributed by atoms with Gasteiger partial charge in [-0.15, -0.1) is 0 Å². The molecule has 2 heteroatoms. The fraction of sp³-hybridized carbons (Fsp3) is 0.231. The maximum atomic E-state index is 14.5. The Balaban J connectivity index is 2.09. The highest BCUT2D eigenvalue weighted by Gasteiger charge is 2.29. The second-order valence-corrected chi connectivity index (χ2v) is 10.7. The lowest BCUT2D eigenvalue weighted by atomic mass is 10.0. The normalized spacial score (nSPS) is 13.9. The minimum atomic E-state index is -2.91. The first kappa shape index (κ1) is 20.4. The van der Waals surface area contributed by atoms with Crippen molar-refractivity contribution in [2.75, 3.05) is 0 Å². The van der Waals surface area contributed by atoms with Crippen molar-refractivity contribution in [2.24, 2.45) is 5.92 Å². The summed E-state index contributed by atoms with van der Waals surface area (Å²) in [7, 11) is -2.91. The van der Waals surface area contributed by atoms with Gasteiger partial charge in [-0.2, -0.15) is 0 Å². The van der Waals surface area contributed by atoms with Crippen LogP contribution in [0.5, 0.6) is 0 Å². The highest BCUT2D eigenvalue weighted by molar-refractivity contribution is 7.85. The third-order valence-corrected chi connectivity index (χ3v) is 8.05. The van der Waals surface area contributed by atoms with Gasteiger partial charge in [0.1, 0.15) is 0 Å². The molecule has 3 rings (SSSR count). The number of hydrogen-bond acceptors (Lipinski definition) is 1. The largest absolute Gasteiger partial charge is 0.309 e. The van der Waals surface area contributed by atoms with Crippen LogP contribution in [0.3, 0.4) is 0 Å². The van der Waals surface area contributed by atoms with Gasteiger partial charge in [-0.3, -0.25) is 0 Å². The Morgan fingerprint density at radius 2 is 1.18 bits per heavy atom. The van der Waals surface area contributed by atoms with Crippen LogP contribution in [0.1, 0.15) is 44.7 Å². The van der Waals surface area contributed by atoms with Gasteiger partial charge in [0.25, 0.3) is 0 Å². The maximum Gasteiger partial charge on any atom is 0.171 e. The zero-order valence-corrected chi connectivity index (χ0v) is 18.1. The highest BCUT2D eigenvalue weighted by atomic mass is 31.2. The molecule has 0 aromatic heterocycles. The SMILES string of the molecule is CC(C)/C=C/c1ccc(P(=O)(c2ccccc2)c2ccc(C(C)C)cc2)cc1. The van der Waals surface area contributed by atoms with E-state index in [-0.39, 0.29) is 0 Å². The van der Waals surface area contributed by atoms with Crippen molar-refractivity contribution < 1.29 is 4.57 Å². The monoisotopic (exact) mass is 388 g/mol. The minimum absolute atomic E-state index is 0.456. The topological polar surface area (TPSA) is 17.1 Å². The zero-order valence-electron chi connectivity index (χ0n) is 17.2. The summed E-state index contributed by atoms with van der Waals surface area (Å²) in [6, 6.07) is 26.3. The lowest BCUT2D eigenvalue weighted by Crippen LogP contribution is -2.25. The number of allylic oxidation sites excluding steroid dienone is 1. The first-order valence-electron chi connectivity index (χ1n) is 9.96. The third-order valence-electron chi connectivity index (χ3n) is 4.97. The van der Waals surface area contributed by atoms with Crippen LogP contribution in [-0.4, -0.2) is 0 Å². The number of hydrogen-bond donors (Lipinski definition) is 0. The molecule has 3 aromatic rings. The van der Waals surface area contributed by atoms with Crippen molar-refractivity contribution in [1.82, 2.24) is 0 Å². The summed E-state index contributed by atoms with van der Waals surface area (Å²) in [5, 5.41) is 2.63. The first-order chi connectivity index (χ1) is 13.4. The molecule has 0 radical (unpaired) electrons. The van der Waals surface area contributed by atoms with Gasteiger partial charge in [0.15, 0.2) is 7.14 Å². The molecular weight excluding hydrogens is 359 g/mol. The Hall–Kier alpha value is -2.37. The van der Waals surface area contributed by atoms with Gasteiger partial charge < -0.3 is 4.57 Å². The van der Waals surface area contributed by atoms with Crippen LogP contribution in [0.2, 0.25) is 0 Å². The summed E-state index contributed by atoms with van der Waals surface area (Å²) in [6.07, 6.45) is 4.30. The molecule has 0 fully saturated rings. The molecule has 1 atom stereocenters. The van der Waals surface area contributed by atoms with E-state index in [0.29, 0.717) is 11.8 Å². The Morgan fingerprint density at radius 1 is 0.679 bits per heavy atom. The quantitative estimate of drug-likeness (QED) is 0.465. The van der Waals surface area contributed by atoms with Crippen molar-refractivity contribution >= 4 is 29.1 Å². The van der Waals surface area contributed by atoms with Crippen molar-refractivity contribution in [2.45, 2.75) is 33.6 Å². The lowest BCUT2D eigenvalue weighted by molar-refractivity contribution is 0.592. The fourth-order valence-electron chi connectivity index (χ4n) is 3.25. The van der Waals surface area contributed by atoms with Crippen LogP contribution in [-0.2, 0) is 4.57 Å². The Kier molecular flexibility index (Phi) is 6.37. The number of rotatable bonds is 6. The molecule has 0 heterocycles. The van der Waals surface area contributed by atoms with Gasteiger partial charge in [-0.05, 0) is 23.0 Å². The maximum absolute atomic E-state index is 14.5. The Bertz CT molecular complexity index is 965. The number of benzene rings is 3. The van der Waals surface area contributed by atoms with Crippen molar-refractivity contribution in [1.29, 1.82) is 0 Å². The van der Waals surface area contributed by atoms with Crippen LogP contribution in [0.4, 0.5) is 0 Å². The lowest BCUT2D eigenvalue weighted by Gasteiger charge is -2.21. The van der Waals surface area contributed by atoms with Gasteiger partial charge in [-0.1, -0.05) is 119 Å². The van der Waals surface area contributed by atoms with E-state index in [0.717, 1.165) is 21.5 Å². The first-order valence-corrected chi connectivity index (χ1v) is 11.7. The molecule has 28 heavy (non-hydrogen) atoms. The fourth-order valence-corrected chi connectivity index (χ4v) is 5.88. The molecule has 0 saturated heterocycles. The van der Waals surface area contributed by atoms with Gasteiger partial charge in [-0.25, -0.2) is 0 Å². The smallest absolute Gasteiger partial charge is 0.171 e. The summed E-state index contributed by atoms with van der Waals surface area (Å²) in [6.45, 7) is 8.68. The van der Waals surface area contributed by atoms with Gasteiger partial charge in [0.05, 0.1) is 0 Å². The Labute approximate surface area is 169 Å². The van der Waals surface area contributed by atoms with E-state index in [1.54, 1.807) is 0 Å². The standard InChI is InChI=1S/C26H29OP/c1-20(2)10-11-22-12-16-25(17-13-22)28(27,24-8-6-5-7-9-24)26-18-14-23(15-19-26)21(3)4/h5-21H,1-4H3/b11-10+. The van der Waals surface area contributed by atoms with Crippen LogP contribution in [0.25, 0.3) is 6.08 Å². The van der Waals surface area contributed by atoms with E-state index in [4.69, 9.17) is 0 Å². The minimum Gasteiger partial charge on any atom is -0.309 e. The van der Waals surface area contributed by atoms with E-state index < -0.39 is 7.14 Å². The summed E-state index contributed by atoms with van der Waals surface area (Å²) >= 11 is 0. The summed E-state index contributed by atoms with van der Waals surface area (Å²) in [5.74, 6) is 0.965. The van der Waals surface area contributed by atoms with E-state index in [1.165, 1.54) is 5.56 Å². The van der Waals surface area contributed by atoms with Gasteiger partial charge in [0.2, 0.25) is 0 Å². The third kappa shape index (κ3) is 4.37. The predicted octanol–water partition coefficient (Wildman–Crippen LogP) is 6.12. The molecule has 0 amide bonds. The molecule has 1 nitrogen and oxygen atoms in total. The molecule has 0 bridgehead atoms. The highest BCUT2D eigenvalue weighted by Crippen LogP contribution is 2.42. The average Bonchev–Trinajstić information content (AvgIpc) is 2.72. The summed E-state index contributed by atoms with van der Waals surface area (Å²) in [5.41, 5.74) is 2.39. The van der Waals surface area contributed by atoms with E-state index in [1.807, 2.05) is 54.6 Å². The molecule has 0 aliphatic carbocycles. The molecule has 1 unspecified atom stereocenters. The van der Waals surface area contributed by atoms with E-state index in [9.17, 15) is 4.57 Å². The second kappa shape index (κ2) is 8.76. The molecule has 144 valence electrons. The molecule has 0 aliphatic heterocycles. The van der Waals surface area contributed by atoms with E-state index in [2.05, 4.69) is 64.1 Å². The van der Waals surface area contributed by atoms with Crippen molar-refractivity contribution in [3.63, 3.8) is 0 Å². The van der Waals surface area contributed by atoms with Crippen LogP contribution in [0.15, 0.2) is 84.9 Å². The van der Waals surface area contributed by atoms with Crippen LogP contribution >= 0.6 is 7.14 Å². The predicted molar refractivity (Wildman–Crippen MR) is 124 cm³/mol. The zero-order chi connectivity index (χ0) is 20.1. The van der Waals surface area contributed by atoms with Crippen molar-refractivity contribution in [3.8, 4) is 0 Å².